The van der Waals surface area contributed by atoms with Crippen LogP contribution in [0.5, 0.6) is 11.5 Å². The van der Waals surface area contributed by atoms with Crippen molar-refractivity contribution in [3.63, 3.8) is 0 Å². The molecule has 0 amide bonds. The lowest BCUT2D eigenvalue weighted by Gasteiger charge is -2.17. The molecule has 1 aromatic carbocycles. The fourth-order valence-electron chi connectivity index (χ4n) is 2.86. The molecule has 0 spiro atoms. The first-order valence-electron chi connectivity index (χ1n) is 8.36. The second-order valence-electron chi connectivity index (χ2n) is 6.78. The average molecular weight is 336 g/mol. The Morgan fingerprint density at radius 3 is 2.38 bits per heavy atom. The van der Waals surface area contributed by atoms with Gasteiger partial charge in [-0.05, 0) is 36.3 Å². The lowest BCUT2D eigenvalue weighted by atomic mass is 9.89. The van der Waals surface area contributed by atoms with Gasteiger partial charge in [-0.3, -0.25) is 9.59 Å². The zero-order chi connectivity index (χ0) is 18.3. The van der Waals surface area contributed by atoms with Crippen LogP contribution in [0, 0.1) is 11.8 Å². The number of carbonyl (C=O) groups is 2. The monoisotopic (exact) mass is 336 g/mol. The van der Waals surface area contributed by atoms with Gasteiger partial charge in [0, 0.05) is 18.9 Å². The lowest BCUT2D eigenvalue weighted by Crippen LogP contribution is -2.21. The summed E-state index contributed by atoms with van der Waals surface area (Å²) in [6, 6.07) is 4.47. The van der Waals surface area contributed by atoms with Crippen molar-refractivity contribution in [2.24, 2.45) is 11.8 Å². The lowest BCUT2D eigenvalue weighted by molar-refractivity contribution is -0.147. The van der Waals surface area contributed by atoms with Crippen LogP contribution in [0.1, 0.15) is 57.9 Å². The molecule has 24 heavy (non-hydrogen) atoms. The minimum Gasteiger partial charge on any atom is -0.508 e. The maximum absolute atomic E-state index is 12.2. The molecule has 2 atom stereocenters. The van der Waals surface area contributed by atoms with E-state index in [4.69, 9.17) is 4.74 Å². The predicted octanol–water partition coefficient (Wildman–Crippen LogP) is 3.78. The topological polar surface area (TPSA) is 83.8 Å². The third kappa shape index (κ3) is 6.22. The Hall–Kier alpha value is -2.04. The number of esters is 1. The number of rotatable bonds is 9. The highest BCUT2D eigenvalue weighted by molar-refractivity contribution is 5.84. The standard InChI is InChI=1S/C19H28O5/c1-12(2)9-14(19(23)24-4)10-15(20)6-5-13(3)17-8-7-16(21)11-18(17)22/h7-8,11-14,21-22H,5-6,9-10H2,1-4H3. The molecule has 0 heterocycles. The Morgan fingerprint density at radius 2 is 1.83 bits per heavy atom. The Kier molecular flexibility index (Phi) is 7.75. The maximum atomic E-state index is 12.2. The fourth-order valence-corrected chi connectivity index (χ4v) is 2.86. The molecule has 0 aliphatic heterocycles. The molecule has 0 saturated carbocycles. The number of hydrogen-bond acceptors (Lipinski definition) is 5. The smallest absolute Gasteiger partial charge is 0.309 e. The van der Waals surface area contributed by atoms with Crippen molar-refractivity contribution in [1.29, 1.82) is 0 Å². The maximum Gasteiger partial charge on any atom is 0.309 e. The summed E-state index contributed by atoms with van der Waals surface area (Å²) in [5.74, 6) is -0.361. The van der Waals surface area contributed by atoms with Gasteiger partial charge in [-0.15, -0.1) is 0 Å². The molecule has 0 aliphatic rings. The van der Waals surface area contributed by atoms with Gasteiger partial charge >= 0.3 is 5.97 Å². The van der Waals surface area contributed by atoms with Crippen molar-refractivity contribution in [2.45, 2.75) is 52.4 Å². The summed E-state index contributed by atoms with van der Waals surface area (Å²) in [5, 5.41) is 19.2. The van der Waals surface area contributed by atoms with E-state index in [1.165, 1.54) is 19.2 Å². The third-order valence-corrected chi connectivity index (χ3v) is 4.17. The fraction of sp³-hybridized carbons (Fsp3) is 0.579. The second kappa shape index (κ2) is 9.30. The summed E-state index contributed by atoms with van der Waals surface area (Å²) in [7, 11) is 1.34. The van der Waals surface area contributed by atoms with E-state index in [0.717, 1.165) is 0 Å². The molecular formula is C19H28O5. The molecule has 0 aromatic heterocycles. The average Bonchev–Trinajstić information content (AvgIpc) is 2.50. The van der Waals surface area contributed by atoms with E-state index in [9.17, 15) is 19.8 Å². The molecule has 1 rings (SSSR count). The Labute approximate surface area is 143 Å². The predicted molar refractivity (Wildman–Crippen MR) is 92.0 cm³/mol. The molecule has 0 fully saturated rings. The van der Waals surface area contributed by atoms with Crippen LogP contribution < -0.4 is 0 Å². The van der Waals surface area contributed by atoms with Crippen molar-refractivity contribution >= 4 is 11.8 Å². The zero-order valence-corrected chi connectivity index (χ0v) is 14.9. The number of methoxy groups -OCH3 is 1. The van der Waals surface area contributed by atoms with Gasteiger partial charge in [0.2, 0.25) is 0 Å². The van der Waals surface area contributed by atoms with Crippen LogP contribution in [-0.4, -0.2) is 29.1 Å². The molecule has 5 heteroatoms. The van der Waals surface area contributed by atoms with Crippen LogP contribution in [0.25, 0.3) is 0 Å². The van der Waals surface area contributed by atoms with E-state index in [0.29, 0.717) is 30.7 Å². The Morgan fingerprint density at radius 1 is 1.17 bits per heavy atom. The van der Waals surface area contributed by atoms with Crippen molar-refractivity contribution in [3.8, 4) is 11.5 Å². The number of benzene rings is 1. The summed E-state index contributed by atoms with van der Waals surface area (Å²) in [4.78, 5) is 24.0. The van der Waals surface area contributed by atoms with Crippen molar-refractivity contribution < 1.29 is 24.5 Å². The molecule has 1 aromatic rings. The van der Waals surface area contributed by atoms with Crippen LogP contribution >= 0.6 is 0 Å². The van der Waals surface area contributed by atoms with Crippen LogP contribution in [0.2, 0.25) is 0 Å². The van der Waals surface area contributed by atoms with Gasteiger partial charge in [-0.1, -0.05) is 26.8 Å². The second-order valence-corrected chi connectivity index (χ2v) is 6.78. The quantitative estimate of drug-likeness (QED) is 0.671. The van der Waals surface area contributed by atoms with E-state index >= 15 is 0 Å². The largest absolute Gasteiger partial charge is 0.508 e. The first-order chi connectivity index (χ1) is 11.2. The van der Waals surface area contributed by atoms with Gasteiger partial charge < -0.3 is 14.9 Å². The molecular weight excluding hydrogens is 308 g/mol. The van der Waals surface area contributed by atoms with Crippen LogP contribution in [0.15, 0.2) is 18.2 Å². The SMILES string of the molecule is COC(=O)C(CC(=O)CCC(C)c1ccc(O)cc1O)CC(C)C. The molecule has 0 radical (unpaired) electrons. The molecule has 0 bridgehead atoms. The Bertz CT molecular complexity index is 565. The molecule has 2 N–H and O–H groups in total. The van der Waals surface area contributed by atoms with Crippen LogP contribution in [0.4, 0.5) is 0 Å². The molecule has 0 aliphatic carbocycles. The van der Waals surface area contributed by atoms with Crippen LogP contribution in [0.3, 0.4) is 0 Å². The summed E-state index contributed by atoms with van der Waals surface area (Å²) < 4.78 is 4.79. The number of ether oxygens (including phenoxy) is 1. The summed E-state index contributed by atoms with van der Waals surface area (Å²) >= 11 is 0. The number of Topliss-reactive ketones (excluding diaryl/α,β-unsaturated/α-hetero) is 1. The van der Waals surface area contributed by atoms with Crippen molar-refractivity contribution in [3.05, 3.63) is 23.8 Å². The number of aromatic hydroxyl groups is 2. The van der Waals surface area contributed by atoms with Gasteiger partial charge in [0.05, 0.1) is 13.0 Å². The van der Waals surface area contributed by atoms with Crippen molar-refractivity contribution in [2.75, 3.05) is 7.11 Å². The van der Waals surface area contributed by atoms with E-state index in [1.54, 1.807) is 6.07 Å². The zero-order valence-electron chi connectivity index (χ0n) is 14.9. The van der Waals surface area contributed by atoms with Crippen molar-refractivity contribution in [1.82, 2.24) is 0 Å². The van der Waals surface area contributed by atoms with E-state index in [2.05, 4.69) is 0 Å². The van der Waals surface area contributed by atoms with E-state index in [-0.39, 0.29) is 41.5 Å². The number of carbonyl (C=O) groups excluding carboxylic acids is 2. The number of ketones is 1. The van der Waals surface area contributed by atoms with Gasteiger partial charge in [0.1, 0.15) is 17.3 Å². The van der Waals surface area contributed by atoms with E-state index in [1.807, 2.05) is 20.8 Å². The molecule has 5 nitrogen and oxygen atoms in total. The summed E-state index contributed by atoms with van der Waals surface area (Å²) in [5.41, 5.74) is 0.701. The minimum absolute atomic E-state index is 0.00846. The Balaban J connectivity index is 2.59. The molecule has 2 unspecified atom stereocenters. The van der Waals surface area contributed by atoms with Crippen LogP contribution in [-0.2, 0) is 14.3 Å². The van der Waals surface area contributed by atoms with Gasteiger partial charge in [-0.25, -0.2) is 0 Å². The summed E-state index contributed by atoms with van der Waals surface area (Å²) in [6.07, 6.45) is 1.74. The summed E-state index contributed by atoms with van der Waals surface area (Å²) in [6.45, 7) is 5.94. The molecule has 0 saturated heterocycles. The first-order valence-corrected chi connectivity index (χ1v) is 8.36. The van der Waals surface area contributed by atoms with E-state index < -0.39 is 0 Å². The number of hydrogen-bond donors (Lipinski definition) is 2. The van der Waals surface area contributed by atoms with Gasteiger partial charge in [-0.2, -0.15) is 0 Å². The third-order valence-electron chi connectivity index (χ3n) is 4.17. The number of phenolic OH excluding ortho intramolecular Hbond substituents is 2. The minimum atomic E-state index is -0.389. The van der Waals surface area contributed by atoms with Gasteiger partial charge in [0.15, 0.2) is 0 Å². The highest BCUT2D eigenvalue weighted by Gasteiger charge is 2.24. The molecule has 134 valence electrons. The van der Waals surface area contributed by atoms with Gasteiger partial charge in [0.25, 0.3) is 0 Å². The number of phenols is 2. The first kappa shape index (κ1) is 20.0. The normalized spacial score (nSPS) is 13.5. The highest BCUT2D eigenvalue weighted by Crippen LogP contribution is 2.32. The highest BCUT2D eigenvalue weighted by atomic mass is 16.5.